The van der Waals surface area contributed by atoms with Gasteiger partial charge in [-0.3, -0.25) is 13.8 Å². The molecule has 0 spiro atoms. The molecule has 304 valence electrons. The molecule has 3 unspecified atom stereocenters. The molecule has 9 nitrogen and oxygen atoms in total. The fourth-order valence-electron chi connectivity index (χ4n) is 4.78. The summed E-state index contributed by atoms with van der Waals surface area (Å²) in [5.41, 5.74) is 0. The van der Waals surface area contributed by atoms with Gasteiger partial charge in [-0.2, -0.15) is 0 Å². The zero-order chi connectivity index (χ0) is 38.9. The van der Waals surface area contributed by atoms with Gasteiger partial charge in [0.2, 0.25) is 0 Å². The third kappa shape index (κ3) is 39.2. The van der Waals surface area contributed by atoms with Gasteiger partial charge in [0.05, 0.1) is 26.4 Å². The Bertz CT molecular complexity index is 1090. The molecule has 0 aromatic heterocycles. The number of allylic oxidation sites excluding steroid dienone is 14. The molecule has 0 bridgehead atoms. The van der Waals surface area contributed by atoms with E-state index < -0.39 is 45.8 Å². The van der Waals surface area contributed by atoms with E-state index in [1.807, 2.05) is 0 Å². The van der Waals surface area contributed by atoms with E-state index >= 15 is 0 Å². The molecule has 10 heteroatoms. The van der Waals surface area contributed by atoms with Crippen molar-refractivity contribution in [3.8, 4) is 0 Å². The van der Waals surface area contributed by atoms with Gasteiger partial charge < -0.3 is 24.6 Å². The van der Waals surface area contributed by atoms with Gasteiger partial charge in [-0.15, -0.1) is 0 Å². The van der Waals surface area contributed by atoms with Gasteiger partial charge in [0.15, 0.2) is 0 Å². The first-order chi connectivity index (χ1) is 25.8. The van der Waals surface area contributed by atoms with Gasteiger partial charge in [0, 0.05) is 13.0 Å². The van der Waals surface area contributed by atoms with Crippen LogP contribution in [-0.2, 0) is 27.9 Å². The fourth-order valence-corrected chi connectivity index (χ4v) is 5.57. The van der Waals surface area contributed by atoms with Crippen LogP contribution in [0.1, 0.15) is 136 Å². The summed E-state index contributed by atoms with van der Waals surface area (Å²) >= 11 is 0. The second kappa shape index (κ2) is 39.3. The molecule has 0 aliphatic carbocycles. The molecule has 0 aliphatic heterocycles. The van der Waals surface area contributed by atoms with Crippen molar-refractivity contribution < 1.29 is 43.0 Å². The lowest BCUT2D eigenvalue weighted by molar-refractivity contribution is -0.154. The Labute approximate surface area is 322 Å². The van der Waals surface area contributed by atoms with Crippen LogP contribution in [-0.4, -0.2) is 66.3 Å². The Hall–Kier alpha value is -2.36. The molecule has 0 radical (unpaired) electrons. The van der Waals surface area contributed by atoms with E-state index in [9.17, 15) is 19.4 Å². The lowest BCUT2D eigenvalue weighted by Gasteiger charge is -2.20. The summed E-state index contributed by atoms with van der Waals surface area (Å²) < 4.78 is 33.2. The van der Waals surface area contributed by atoms with Crippen molar-refractivity contribution in [2.24, 2.45) is 0 Å². The van der Waals surface area contributed by atoms with Crippen LogP contribution in [0.15, 0.2) is 85.1 Å². The molecule has 0 saturated heterocycles. The Morgan fingerprint density at radius 2 is 1.08 bits per heavy atom. The lowest BCUT2D eigenvalue weighted by atomic mass is 10.1. The number of carbonyl (C=O) groups excluding carboxylic acids is 1. The molecule has 0 fully saturated rings. The fraction of sp³-hybridized carbons (Fsp3) is 0.651. The quantitative estimate of drug-likeness (QED) is 0.0245. The molecule has 0 aromatic carbocycles. The van der Waals surface area contributed by atoms with Crippen molar-refractivity contribution in [2.75, 3.05) is 33.0 Å². The molecule has 0 aliphatic rings. The molecular weight excluding hydrogens is 691 g/mol. The van der Waals surface area contributed by atoms with Crippen molar-refractivity contribution in [2.45, 2.75) is 148 Å². The van der Waals surface area contributed by atoms with E-state index in [1.54, 1.807) is 0 Å². The summed E-state index contributed by atoms with van der Waals surface area (Å²) in [5, 5.41) is 18.3. The van der Waals surface area contributed by atoms with Gasteiger partial charge in [0.25, 0.3) is 0 Å². The van der Waals surface area contributed by atoms with Crippen LogP contribution in [0.5, 0.6) is 0 Å². The van der Waals surface area contributed by atoms with Gasteiger partial charge in [-0.25, -0.2) is 4.57 Å². The number of aliphatic hydroxyl groups is 2. The topological polar surface area (TPSA) is 132 Å². The van der Waals surface area contributed by atoms with Crippen LogP contribution >= 0.6 is 7.82 Å². The summed E-state index contributed by atoms with van der Waals surface area (Å²) in [6.07, 6.45) is 47.0. The van der Waals surface area contributed by atoms with Crippen LogP contribution < -0.4 is 0 Å². The molecule has 3 atom stereocenters. The maximum atomic E-state index is 12.5. The first-order valence-electron chi connectivity index (χ1n) is 20.1. The summed E-state index contributed by atoms with van der Waals surface area (Å²) in [6.45, 7) is 3.17. The first-order valence-corrected chi connectivity index (χ1v) is 21.6. The van der Waals surface area contributed by atoms with Gasteiger partial charge in [-0.05, 0) is 83.5 Å². The summed E-state index contributed by atoms with van der Waals surface area (Å²) in [7, 11) is -4.54. The van der Waals surface area contributed by atoms with Crippen molar-refractivity contribution in [3.63, 3.8) is 0 Å². The zero-order valence-electron chi connectivity index (χ0n) is 32.9. The number of carbonyl (C=O) groups is 1. The van der Waals surface area contributed by atoms with E-state index in [4.69, 9.17) is 23.6 Å². The van der Waals surface area contributed by atoms with Crippen molar-refractivity contribution in [1.29, 1.82) is 0 Å². The highest BCUT2D eigenvalue weighted by molar-refractivity contribution is 7.47. The van der Waals surface area contributed by atoms with Gasteiger partial charge in [-0.1, -0.05) is 131 Å². The average molecular weight is 765 g/mol. The van der Waals surface area contributed by atoms with Gasteiger partial charge >= 0.3 is 13.8 Å². The highest BCUT2D eigenvalue weighted by Crippen LogP contribution is 2.43. The van der Waals surface area contributed by atoms with Crippen LogP contribution in [0.2, 0.25) is 0 Å². The van der Waals surface area contributed by atoms with Crippen LogP contribution in [0.4, 0.5) is 0 Å². The van der Waals surface area contributed by atoms with Crippen molar-refractivity contribution >= 4 is 13.8 Å². The molecule has 0 heterocycles. The second-order valence-corrected chi connectivity index (χ2v) is 14.4. The number of phosphoric acid groups is 1. The minimum absolute atomic E-state index is 0.000712. The maximum absolute atomic E-state index is 12.5. The Balaban J connectivity index is 4.34. The predicted octanol–water partition coefficient (Wildman–Crippen LogP) is 10.7. The number of rotatable bonds is 37. The third-order valence-electron chi connectivity index (χ3n) is 7.81. The van der Waals surface area contributed by atoms with Crippen LogP contribution in [0.25, 0.3) is 0 Å². The number of phosphoric ester groups is 1. The number of esters is 1. The molecular formula is C43H73O9P. The Morgan fingerprint density at radius 1 is 0.604 bits per heavy atom. The van der Waals surface area contributed by atoms with E-state index in [1.165, 1.54) is 19.3 Å². The third-order valence-corrected chi connectivity index (χ3v) is 8.77. The Kier molecular flexibility index (Phi) is 37.6. The molecule has 3 N–H and O–H groups in total. The van der Waals surface area contributed by atoms with E-state index in [0.29, 0.717) is 13.0 Å². The lowest BCUT2D eigenvalue weighted by Crippen LogP contribution is -2.29. The number of aliphatic hydroxyl groups excluding tert-OH is 2. The standard InChI is InChI=1S/C43H73O9P/c1-3-5-7-9-11-13-15-17-18-19-20-21-22-23-24-26-28-30-32-34-36-49-39-42(40-51-53(47,48)50-38-41(45)37-44)52-43(46)35-33-31-29-27-25-16-14-12-10-8-6-4-2/h5,7,11-14,17-18,20-21,23-24,28,30,41-42,44-45H,3-4,6,8-10,15-16,19,22,25-27,29,31-40H2,1-2H3,(H,47,48)/b7-5-,13-11-,14-12-,18-17-,21-20-,24-23-,30-28-. The summed E-state index contributed by atoms with van der Waals surface area (Å²) in [6, 6.07) is 0. The number of unbranched alkanes of at least 4 members (excludes halogenated alkanes) is 9. The predicted molar refractivity (Wildman–Crippen MR) is 219 cm³/mol. The molecule has 0 amide bonds. The SMILES string of the molecule is CC/C=C\C/C=C\C/C=C\C/C=C\C/C=C\C/C=C\CCCOCC(COP(=O)(O)OCC(O)CO)OC(=O)CCCCCCC/C=C\CCCCC. The summed E-state index contributed by atoms with van der Waals surface area (Å²) in [5.74, 6) is -0.417. The van der Waals surface area contributed by atoms with Gasteiger partial charge in [0.1, 0.15) is 12.2 Å². The second-order valence-electron chi connectivity index (χ2n) is 12.9. The first kappa shape index (κ1) is 50.6. The number of ether oxygens (including phenoxy) is 2. The molecule has 0 aromatic rings. The molecule has 53 heavy (non-hydrogen) atoms. The zero-order valence-corrected chi connectivity index (χ0v) is 33.8. The Morgan fingerprint density at radius 3 is 1.64 bits per heavy atom. The van der Waals surface area contributed by atoms with Crippen LogP contribution in [0, 0.1) is 0 Å². The number of hydrogen-bond donors (Lipinski definition) is 3. The summed E-state index contributed by atoms with van der Waals surface area (Å²) in [4.78, 5) is 22.5. The van der Waals surface area contributed by atoms with Crippen LogP contribution in [0.3, 0.4) is 0 Å². The van der Waals surface area contributed by atoms with E-state index in [0.717, 1.165) is 89.9 Å². The highest BCUT2D eigenvalue weighted by atomic mass is 31.2. The molecule has 0 rings (SSSR count). The maximum Gasteiger partial charge on any atom is 0.472 e. The minimum Gasteiger partial charge on any atom is -0.457 e. The van der Waals surface area contributed by atoms with Crippen molar-refractivity contribution in [3.05, 3.63) is 85.1 Å². The van der Waals surface area contributed by atoms with E-state index in [-0.39, 0.29) is 13.0 Å². The largest absolute Gasteiger partial charge is 0.472 e. The number of hydrogen-bond acceptors (Lipinski definition) is 8. The minimum atomic E-state index is -4.54. The van der Waals surface area contributed by atoms with Crippen molar-refractivity contribution in [1.82, 2.24) is 0 Å². The average Bonchev–Trinajstić information content (AvgIpc) is 3.15. The van der Waals surface area contributed by atoms with E-state index in [2.05, 4.69) is 98.9 Å². The highest BCUT2D eigenvalue weighted by Gasteiger charge is 2.26. The smallest absolute Gasteiger partial charge is 0.457 e. The molecule has 0 saturated carbocycles. The monoisotopic (exact) mass is 764 g/mol. The normalized spacial score (nSPS) is 15.0.